The molecular weight excluding hydrogens is 591 g/mol. The molecule has 3 aromatic carbocycles. The molecule has 1 atom stereocenters. The summed E-state index contributed by atoms with van der Waals surface area (Å²) in [5.41, 5.74) is 6.19. The van der Waals surface area contributed by atoms with Crippen LogP contribution in [0.5, 0.6) is 0 Å². The van der Waals surface area contributed by atoms with Crippen LogP contribution in [-0.4, -0.2) is 32.4 Å². The summed E-state index contributed by atoms with van der Waals surface area (Å²) in [7, 11) is 0. The maximum atomic E-state index is 13.7. The second-order valence-electron chi connectivity index (χ2n) is 13.4. The Balaban J connectivity index is 1.03. The maximum absolute atomic E-state index is 13.7. The normalized spacial score (nSPS) is 18.6. The summed E-state index contributed by atoms with van der Waals surface area (Å²) < 4.78 is 1.20. The second-order valence-corrected chi connectivity index (χ2v) is 14.3. The molecule has 0 bridgehead atoms. The van der Waals surface area contributed by atoms with Crippen LogP contribution in [-0.2, 0) is 23.2 Å². The number of aliphatic hydroxyl groups is 1. The van der Waals surface area contributed by atoms with Crippen LogP contribution < -0.4 is 5.56 Å². The Kier molecular flexibility index (Phi) is 7.62. The van der Waals surface area contributed by atoms with Crippen LogP contribution >= 0.6 is 11.3 Å². The molecule has 2 aliphatic carbocycles. The molecule has 0 radical (unpaired) electrons. The number of carbonyl (C=O) groups is 1. The number of hydrogen-bond acceptors (Lipinski definition) is 5. The number of benzene rings is 3. The Morgan fingerprint density at radius 1 is 0.978 bits per heavy atom. The van der Waals surface area contributed by atoms with Crippen molar-refractivity contribution in [3.05, 3.63) is 122 Å². The van der Waals surface area contributed by atoms with Crippen molar-refractivity contribution in [1.29, 1.82) is 0 Å². The van der Waals surface area contributed by atoms with Crippen LogP contribution in [0.15, 0.2) is 83.0 Å². The number of aryl methyl sites for hydroxylation is 1. The highest BCUT2D eigenvalue weighted by Gasteiger charge is 2.49. The number of H-pyrrole nitrogens is 1. The summed E-state index contributed by atoms with van der Waals surface area (Å²) in [4.78, 5) is 37.2. The number of rotatable bonds is 6. The van der Waals surface area contributed by atoms with E-state index < -0.39 is 6.10 Å². The highest BCUT2D eigenvalue weighted by Crippen LogP contribution is 2.52. The van der Waals surface area contributed by atoms with E-state index in [0.717, 1.165) is 40.9 Å². The van der Waals surface area contributed by atoms with Gasteiger partial charge in [0.25, 0.3) is 11.5 Å². The van der Waals surface area contributed by atoms with Gasteiger partial charge in [0.15, 0.2) is 6.10 Å². The molecule has 3 heterocycles. The number of carbonyl (C=O) groups excluding carboxylic acids is 1. The Labute approximate surface area is 273 Å². The zero-order chi connectivity index (χ0) is 31.3. The van der Waals surface area contributed by atoms with Gasteiger partial charge in [-0.05, 0) is 84.2 Å². The lowest BCUT2D eigenvalue weighted by Crippen LogP contribution is -2.36. The summed E-state index contributed by atoms with van der Waals surface area (Å²) in [6.07, 6.45) is 8.39. The van der Waals surface area contributed by atoms with E-state index in [2.05, 4.69) is 46.8 Å². The lowest BCUT2D eigenvalue weighted by molar-refractivity contribution is -0.141. The van der Waals surface area contributed by atoms with E-state index in [-0.39, 0.29) is 23.4 Å². The Morgan fingerprint density at radius 3 is 2.65 bits per heavy atom. The predicted molar refractivity (Wildman–Crippen MR) is 183 cm³/mol. The molecule has 0 saturated heterocycles. The van der Waals surface area contributed by atoms with E-state index >= 15 is 0 Å². The average Bonchev–Trinajstić information content (AvgIpc) is 3.85. The van der Waals surface area contributed by atoms with E-state index in [9.17, 15) is 14.7 Å². The Morgan fingerprint density at radius 2 is 1.80 bits per heavy atom. The van der Waals surface area contributed by atoms with Crippen molar-refractivity contribution in [3.63, 3.8) is 0 Å². The number of thiophene rings is 1. The number of nitrogens with zero attached hydrogens (tertiary/aromatic N) is 2. The minimum absolute atomic E-state index is 0.146. The lowest BCUT2D eigenvalue weighted by Gasteiger charge is -2.25. The van der Waals surface area contributed by atoms with Crippen LogP contribution in [0.2, 0.25) is 0 Å². The number of aromatic nitrogens is 2. The highest BCUT2D eigenvalue weighted by molar-refractivity contribution is 7.17. The molecule has 7 heteroatoms. The Hall–Kier alpha value is -4.07. The number of aliphatic hydroxyl groups excluding tert-OH is 1. The molecule has 8 rings (SSSR count). The van der Waals surface area contributed by atoms with Gasteiger partial charge in [-0.1, -0.05) is 79.9 Å². The largest absolute Gasteiger partial charge is 0.378 e. The van der Waals surface area contributed by atoms with Gasteiger partial charge in [-0.2, -0.15) is 0 Å². The predicted octanol–water partition coefficient (Wildman–Crippen LogP) is 7.79. The third-order valence-electron chi connectivity index (χ3n) is 10.6. The van der Waals surface area contributed by atoms with Crippen LogP contribution in [0.4, 0.5) is 0 Å². The van der Waals surface area contributed by atoms with Crippen LogP contribution in [0.3, 0.4) is 0 Å². The molecule has 5 aromatic rings. The number of amides is 1. The van der Waals surface area contributed by atoms with Gasteiger partial charge in [-0.25, -0.2) is 4.98 Å². The summed E-state index contributed by atoms with van der Waals surface area (Å²) >= 11 is 1.68. The second kappa shape index (κ2) is 11.9. The molecule has 3 aliphatic rings. The van der Waals surface area contributed by atoms with Gasteiger partial charge in [-0.3, -0.25) is 9.59 Å². The highest BCUT2D eigenvalue weighted by atomic mass is 32.1. The molecule has 2 fully saturated rings. The van der Waals surface area contributed by atoms with Crippen molar-refractivity contribution in [3.8, 4) is 11.1 Å². The molecular formula is C39H39N3O3S. The Bertz CT molecular complexity index is 1980. The van der Waals surface area contributed by atoms with Crippen molar-refractivity contribution in [2.24, 2.45) is 0 Å². The summed E-state index contributed by atoms with van der Waals surface area (Å²) in [6, 6.07) is 24.9. The van der Waals surface area contributed by atoms with Gasteiger partial charge in [0.1, 0.15) is 5.82 Å². The molecule has 2 aromatic heterocycles. The van der Waals surface area contributed by atoms with E-state index in [1.165, 1.54) is 47.9 Å². The standard InChI is InChI=1S/C39H39N3O3S/c43-35(28-13-6-12-27(21-28)32-24-46-34-17-5-4-15-30(32)34)37(45)42-20-8-16-33-31(23-42)36(44)41-38(40-33)39(18-19-39)29-14-7-11-26(22-29)25-9-2-1-3-10-25/h4-7,11-15,17,21-22,24-25,35,43H,1-3,8-10,16,18-20,23H2,(H,40,41,44)/t35-/m1/s1. The van der Waals surface area contributed by atoms with E-state index in [1.807, 2.05) is 30.3 Å². The number of aromatic amines is 1. The van der Waals surface area contributed by atoms with Gasteiger partial charge in [0.2, 0.25) is 0 Å². The maximum Gasteiger partial charge on any atom is 0.256 e. The van der Waals surface area contributed by atoms with Crippen molar-refractivity contribution >= 4 is 27.3 Å². The van der Waals surface area contributed by atoms with Crippen LogP contribution in [0.25, 0.3) is 21.2 Å². The third kappa shape index (κ3) is 5.29. The van der Waals surface area contributed by atoms with Gasteiger partial charge >= 0.3 is 0 Å². The minimum Gasteiger partial charge on any atom is -0.378 e. The number of fused-ring (bicyclic) bond motifs is 2. The van der Waals surface area contributed by atoms with E-state index in [0.29, 0.717) is 36.4 Å². The van der Waals surface area contributed by atoms with E-state index in [1.54, 1.807) is 22.3 Å². The van der Waals surface area contributed by atoms with Gasteiger partial charge in [0, 0.05) is 22.2 Å². The zero-order valence-corrected chi connectivity index (χ0v) is 26.8. The first-order chi connectivity index (χ1) is 22.5. The SMILES string of the molecule is O=C([C@H](O)c1cccc(-c2csc3ccccc23)c1)N1CCCc2nc(C3(c4cccc(C5CCCCC5)c4)CC3)[nH]c(=O)c2C1. The fourth-order valence-electron chi connectivity index (χ4n) is 7.74. The molecule has 1 amide bonds. The average molecular weight is 630 g/mol. The minimum atomic E-state index is -1.32. The first-order valence-electron chi connectivity index (χ1n) is 16.8. The first-order valence-corrected chi connectivity index (χ1v) is 17.6. The van der Waals surface area contributed by atoms with Crippen LogP contribution in [0, 0.1) is 0 Å². The van der Waals surface area contributed by atoms with Crippen LogP contribution in [0.1, 0.15) is 97.2 Å². The molecule has 0 spiro atoms. The molecule has 0 unspecified atom stereocenters. The lowest BCUT2D eigenvalue weighted by atomic mass is 9.82. The first kappa shape index (κ1) is 29.3. The molecule has 2 saturated carbocycles. The fourth-order valence-corrected chi connectivity index (χ4v) is 8.71. The molecule has 46 heavy (non-hydrogen) atoms. The van der Waals surface area contributed by atoms with Crippen molar-refractivity contribution in [2.45, 2.75) is 81.8 Å². The zero-order valence-electron chi connectivity index (χ0n) is 26.0. The topological polar surface area (TPSA) is 86.3 Å². The summed E-state index contributed by atoms with van der Waals surface area (Å²) in [5, 5.41) is 14.6. The third-order valence-corrected chi connectivity index (χ3v) is 11.5. The number of hydrogen-bond donors (Lipinski definition) is 2. The molecule has 2 N–H and O–H groups in total. The number of nitrogens with one attached hydrogen (secondary N) is 1. The fraction of sp³-hybridized carbons (Fsp3) is 0.359. The smallest absolute Gasteiger partial charge is 0.256 e. The van der Waals surface area contributed by atoms with Crippen molar-refractivity contribution in [2.75, 3.05) is 6.54 Å². The van der Waals surface area contributed by atoms with Crippen molar-refractivity contribution in [1.82, 2.24) is 14.9 Å². The molecule has 1 aliphatic heterocycles. The molecule has 234 valence electrons. The van der Waals surface area contributed by atoms with Gasteiger partial charge in [0.05, 0.1) is 23.2 Å². The molecule has 6 nitrogen and oxygen atoms in total. The van der Waals surface area contributed by atoms with Gasteiger partial charge in [-0.15, -0.1) is 11.3 Å². The van der Waals surface area contributed by atoms with Gasteiger partial charge < -0.3 is 15.0 Å². The monoisotopic (exact) mass is 629 g/mol. The summed E-state index contributed by atoms with van der Waals surface area (Å²) in [5.74, 6) is 0.997. The quantitative estimate of drug-likeness (QED) is 0.201. The van der Waals surface area contributed by atoms with Crippen molar-refractivity contribution < 1.29 is 9.90 Å². The van der Waals surface area contributed by atoms with E-state index in [4.69, 9.17) is 4.98 Å². The summed E-state index contributed by atoms with van der Waals surface area (Å²) in [6.45, 7) is 0.608.